The van der Waals surface area contributed by atoms with Crippen molar-refractivity contribution < 1.29 is 111 Å². The Morgan fingerprint density at radius 2 is 0.355 bits per heavy atom. The number of alkyl halides is 24. The fourth-order valence-electron chi connectivity index (χ4n) is 6.07. The normalized spacial score (nSPS) is 14.1. The topological polar surface area (TPSA) is 27.6 Å². The lowest BCUT2D eigenvalue weighted by molar-refractivity contribution is -0.458. The number of benzene rings is 4. The molecule has 0 unspecified atom stereocenters. The average molecular weight is 937 g/mol. The Balaban J connectivity index is 0.00000193. The van der Waals surface area contributed by atoms with E-state index in [-0.39, 0.29) is 5.54 Å². The third-order valence-electron chi connectivity index (χ3n) is 8.44. The molecule has 0 spiro atoms. The SMILES string of the molecule is CC(C)(C)[NH3+].FC(F)(F)c1cc([B-](c2cc(C(F)(F)F)cc(C(F)(F)F)c2)(c2cc(C(F)(F)F)cc(C(F)(F)F)c2)c2cc(C(F)(F)F)cc(C(F)(F)F)c2)cc(C(F)(F)F)c1. The van der Waals surface area contributed by atoms with Crippen LogP contribution in [-0.2, 0) is 49.4 Å². The molecule has 0 saturated carbocycles. The molecule has 0 radical (unpaired) electrons. The smallest absolute Gasteiger partial charge is 0.353 e. The number of halogens is 24. The second-order valence-electron chi connectivity index (χ2n) is 14.8. The monoisotopic (exact) mass is 937 g/mol. The minimum Gasteiger partial charge on any atom is -0.353 e. The zero-order valence-corrected chi connectivity index (χ0v) is 30.8. The van der Waals surface area contributed by atoms with Gasteiger partial charge in [0.2, 0.25) is 0 Å². The molecule has 0 atom stereocenters. The lowest BCUT2D eigenvalue weighted by Crippen LogP contribution is -2.75. The van der Waals surface area contributed by atoms with E-state index >= 15 is 0 Å². The van der Waals surface area contributed by atoms with Crippen molar-refractivity contribution in [2.24, 2.45) is 0 Å². The molecule has 0 fully saturated rings. The minimum atomic E-state index is -6.13. The molecule has 1 nitrogen and oxygen atoms in total. The summed E-state index contributed by atoms with van der Waals surface area (Å²) >= 11 is 0. The lowest BCUT2D eigenvalue weighted by Gasteiger charge is -2.46. The molecule has 4 rings (SSSR count). The second-order valence-corrected chi connectivity index (χ2v) is 14.8. The summed E-state index contributed by atoms with van der Waals surface area (Å²) < 4.78 is 341. The Bertz CT molecular complexity index is 1800. The molecule has 0 aliphatic carbocycles. The number of hydrogen-bond donors (Lipinski definition) is 1. The van der Waals surface area contributed by atoms with Gasteiger partial charge in [-0.1, -0.05) is 48.5 Å². The first-order chi connectivity index (χ1) is 27.3. The molecule has 4 aromatic carbocycles. The average Bonchev–Trinajstić information content (AvgIpc) is 3.04. The van der Waals surface area contributed by atoms with E-state index in [4.69, 9.17) is 0 Å². The van der Waals surface area contributed by atoms with Gasteiger partial charge in [-0.25, -0.2) is 0 Å². The molecule has 26 heteroatoms. The molecule has 4 aromatic rings. The van der Waals surface area contributed by atoms with Crippen molar-refractivity contribution in [3.05, 3.63) is 117 Å². The molecular weight excluding hydrogens is 913 g/mol. The van der Waals surface area contributed by atoms with E-state index in [9.17, 15) is 105 Å². The maximum atomic E-state index is 14.2. The molecule has 0 aromatic heterocycles. The Labute approximate surface area is 332 Å². The van der Waals surface area contributed by atoms with Crippen LogP contribution in [0.1, 0.15) is 65.3 Å². The van der Waals surface area contributed by atoms with Crippen LogP contribution in [0, 0.1) is 0 Å². The van der Waals surface area contributed by atoms with Crippen molar-refractivity contribution in [3.8, 4) is 0 Å². The van der Waals surface area contributed by atoms with E-state index in [1.807, 2.05) is 0 Å². The Hall–Kier alpha value is -4.78. The van der Waals surface area contributed by atoms with Crippen molar-refractivity contribution in [2.45, 2.75) is 75.7 Å². The maximum absolute atomic E-state index is 14.2. The van der Waals surface area contributed by atoms with Gasteiger partial charge in [-0.3, -0.25) is 0 Å². The first-order valence-electron chi connectivity index (χ1n) is 16.5. The molecule has 344 valence electrons. The van der Waals surface area contributed by atoms with Gasteiger partial charge >= 0.3 is 49.4 Å². The van der Waals surface area contributed by atoms with Gasteiger partial charge in [0.15, 0.2) is 0 Å². The van der Waals surface area contributed by atoms with Crippen molar-refractivity contribution in [1.29, 1.82) is 0 Å². The quantitative estimate of drug-likeness (QED) is 0.156. The predicted octanol–water partition coefficient (Wildman–Crippen LogP) is 11.2. The van der Waals surface area contributed by atoms with Gasteiger partial charge in [-0.2, -0.15) is 127 Å². The van der Waals surface area contributed by atoms with Gasteiger partial charge in [0.1, 0.15) is 6.15 Å². The number of hydrogen-bond acceptors (Lipinski definition) is 0. The van der Waals surface area contributed by atoms with E-state index in [1.165, 1.54) is 0 Å². The molecule has 62 heavy (non-hydrogen) atoms. The number of quaternary nitrogens is 1. The van der Waals surface area contributed by atoms with Crippen molar-refractivity contribution in [1.82, 2.24) is 0 Å². The first kappa shape index (κ1) is 51.6. The zero-order chi connectivity index (χ0) is 48.4. The maximum Gasteiger partial charge on any atom is 0.416 e. The van der Waals surface area contributed by atoms with Crippen LogP contribution in [0.2, 0.25) is 0 Å². The number of rotatable bonds is 4. The van der Waals surface area contributed by atoms with E-state index < -0.39 is 195 Å². The molecule has 3 N–H and O–H groups in total. The molecule has 0 bridgehead atoms. The van der Waals surface area contributed by atoms with Crippen LogP contribution in [-0.4, -0.2) is 11.7 Å². The van der Waals surface area contributed by atoms with Crippen LogP contribution in [0.5, 0.6) is 0 Å². The molecular formula is C36H24BF24N. The molecule has 0 aliphatic rings. The van der Waals surface area contributed by atoms with Crippen LogP contribution in [0.3, 0.4) is 0 Å². The molecule has 0 aliphatic heterocycles. The van der Waals surface area contributed by atoms with Gasteiger partial charge in [0, 0.05) is 0 Å². The second kappa shape index (κ2) is 16.1. The highest BCUT2D eigenvalue weighted by Crippen LogP contribution is 2.41. The largest absolute Gasteiger partial charge is 0.416 e. The zero-order valence-electron chi connectivity index (χ0n) is 30.8. The third-order valence-corrected chi connectivity index (χ3v) is 8.44. The van der Waals surface area contributed by atoms with E-state index in [0.717, 1.165) is 0 Å². The summed E-state index contributed by atoms with van der Waals surface area (Å²) in [7, 11) is 0. The van der Waals surface area contributed by atoms with E-state index in [2.05, 4.69) is 26.5 Å². The predicted molar refractivity (Wildman–Crippen MR) is 173 cm³/mol. The van der Waals surface area contributed by atoms with Crippen LogP contribution in [0.4, 0.5) is 105 Å². The van der Waals surface area contributed by atoms with Gasteiger partial charge in [-0.05, 0) is 45.0 Å². The van der Waals surface area contributed by atoms with Crippen LogP contribution in [0.15, 0.2) is 72.8 Å². The van der Waals surface area contributed by atoms with E-state index in [1.54, 1.807) is 0 Å². The van der Waals surface area contributed by atoms with Crippen molar-refractivity contribution >= 4 is 28.0 Å². The summed E-state index contributed by atoms with van der Waals surface area (Å²) in [6, 6.07) is -8.81. The van der Waals surface area contributed by atoms with E-state index in [0.29, 0.717) is 0 Å². The lowest BCUT2D eigenvalue weighted by atomic mass is 9.12. The molecule has 0 heterocycles. The highest BCUT2D eigenvalue weighted by Gasteiger charge is 2.47. The van der Waals surface area contributed by atoms with Crippen molar-refractivity contribution in [3.63, 3.8) is 0 Å². The molecule has 0 amide bonds. The van der Waals surface area contributed by atoms with Crippen LogP contribution in [0.25, 0.3) is 0 Å². The summed E-state index contributed by atoms with van der Waals surface area (Å²) in [5, 5.41) is 0. The highest BCUT2D eigenvalue weighted by atomic mass is 19.4. The standard InChI is InChI=1S/C32H12BF24.C4H11N/c34-25(35,36)13-1-14(26(37,38)39)6-21(5-13)33(22-7-15(27(40,41)42)2-16(8-22)28(43,44)45,23-9-17(29(46,47)48)3-18(10-23)30(49,50)51)24-11-19(31(52,53)54)4-20(12-24)32(55,56)57;1-4(2,3)5/h1-12H;5H2,1-3H3/q-1;/p+1. The third kappa shape index (κ3) is 12.2. The minimum absolute atomic E-state index is 0.250. The van der Waals surface area contributed by atoms with Crippen LogP contribution >= 0.6 is 0 Å². The Morgan fingerprint density at radius 1 is 0.258 bits per heavy atom. The van der Waals surface area contributed by atoms with Gasteiger partial charge in [-0.15, -0.1) is 0 Å². The molecule has 0 saturated heterocycles. The Morgan fingerprint density at radius 3 is 0.435 bits per heavy atom. The van der Waals surface area contributed by atoms with Gasteiger partial charge in [0.05, 0.1) is 50.0 Å². The van der Waals surface area contributed by atoms with Crippen molar-refractivity contribution in [2.75, 3.05) is 0 Å². The highest BCUT2D eigenvalue weighted by molar-refractivity contribution is 7.20. The van der Waals surface area contributed by atoms with Gasteiger partial charge < -0.3 is 5.73 Å². The fraction of sp³-hybridized carbons (Fsp3) is 0.333. The van der Waals surface area contributed by atoms with Gasteiger partial charge in [0.25, 0.3) is 0 Å². The first-order valence-corrected chi connectivity index (χ1v) is 16.5. The van der Waals surface area contributed by atoms with Crippen LogP contribution < -0.4 is 27.6 Å². The summed E-state index contributed by atoms with van der Waals surface area (Å²) in [5.41, 5.74) is -26.2. The fourth-order valence-corrected chi connectivity index (χ4v) is 6.07. The summed E-state index contributed by atoms with van der Waals surface area (Å²) in [4.78, 5) is 0. The summed E-state index contributed by atoms with van der Waals surface area (Å²) in [5.74, 6) is 0. The summed E-state index contributed by atoms with van der Waals surface area (Å²) in [6.07, 6.45) is -54.8. The Kier molecular flexibility index (Phi) is 13.4. The summed E-state index contributed by atoms with van der Waals surface area (Å²) in [6.45, 7) is 6.23.